The maximum Gasteiger partial charge on any atom is 0.416 e. The first-order valence-corrected chi connectivity index (χ1v) is 5.87. The second kappa shape index (κ2) is 5.93. The summed E-state index contributed by atoms with van der Waals surface area (Å²) < 4.78 is 37.2. The molecule has 1 aromatic rings. The van der Waals surface area contributed by atoms with Gasteiger partial charge in [0.25, 0.3) is 0 Å². The van der Waals surface area contributed by atoms with Crippen molar-refractivity contribution in [3.63, 3.8) is 0 Å². The van der Waals surface area contributed by atoms with E-state index in [4.69, 9.17) is 0 Å². The molecule has 0 bridgehead atoms. The summed E-state index contributed by atoms with van der Waals surface area (Å²) in [5, 5.41) is 3.34. The fourth-order valence-electron chi connectivity index (χ4n) is 2.38. The van der Waals surface area contributed by atoms with E-state index in [0.717, 1.165) is 24.9 Å². The van der Waals surface area contributed by atoms with Crippen LogP contribution in [0, 0.1) is 0 Å². The molecule has 0 spiro atoms. The maximum absolute atomic E-state index is 12.4. The molecule has 2 rings (SSSR count). The molecule has 1 aliphatic heterocycles. The van der Waals surface area contributed by atoms with E-state index >= 15 is 0 Å². The summed E-state index contributed by atoms with van der Waals surface area (Å²) >= 11 is 0. The lowest BCUT2D eigenvalue weighted by atomic mass is 9.86. The van der Waals surface area contributed by atoms with Crippen molar-refractivity contribution in [1.82, 2.24) is 5.32 Å². The molecule has 2 unspecified atom stereocenters. The Morgan fingerprint density at radius 3 is 2.28 bits per heavy atom. The van der Waals surface area contributed by atoms with Gasteiger partial charge in [0.1, 0.15) is 0 Å². The topological polar surface area (TPSA) is 12.0 Å². The summed E-state index contributed by atoms with van der Waals surface area (Å²) in [4.78, 5) is 0. The predicted octanol–water partition coefficient (Wildman–Crippen LogP) is 3.98. The van der Waals surface area contributed by atoms with Gasteiger partial charge in [0.05, 0.1) is 5.56 Å². The molecule has 1 fully saturated rings. The first kappa shape index (κ1) is 15.3. The van der Waals surface area contributed by atoms with Gasteiger partial charge in [-0.2, -0.15) is 13.2 Å². The molecule has 2 atom stereocenters. The Kier molecular flexibility index (Phi) is 5.05. The largest absolute Gasteiger partial charge is 0.416 e. The van der Waals surface area contributed by atoms with E-state index in [-0.39, 0.29) is 12.4 Å². The first-order chi connectivity index (χ1) is 7.97. The molecule has 0 aliphatic carbocycles. The number of benzene rings is 1. The van der Waals surface area contributed by atoms with Gasteiger partial charge in [-0.05, 0) is 49.9 Å². The molecule has 18 heavy (non-hydrogen) atoms. The number of nitrogens with one attached hydrogen (secondary N) is 1. The van der Waals surface area contributed by atoms with E-state index < -0.39 is 11.7 Å². The second-order valence-corrected chi connectivity index (χ2v) is 4.70. The Bertz CT molecular complexity index is 375. The molecule has 0 aromatic heterocycles. The molecule has 1 heterocycles. The minimum Gasteiger partial charge on any atom is -0.314 e. The number of hydrogen-bond donors (Lipinski definition) is 1. The van der Waals surface area contributed by atoms with Crippen molar-refractivity contribution in [1.29, 1.82) is 0 Å². The van der Waals surface area contributed by atoms with Crippen LogP contribution in [0.4, 0.5) is 13.2 Å². The molecule has 1 aliphatic rings. The van der Waals surface area contributed by atoms with Crippen LogP contribution in [0.3, 0.4) is 0 Å². The van der Waals surface area contributed by atoms with Gasteiger partial charge in [-0.3, -0.25) is 0 Å². The highest BCUT2D eigenvalue weighted by Crippen LogP contribution is 2.32. The van der Waals surface area contributed by atoms with Crippen molar-refractivity contribution in [3.05, 3.63) is 35.4 Å². The van der Waals surface area contributed by atoms with Crippen molar-refractivity contribution in [3.8, 4) is 0 Å². The molecular formula is C13H17ClF3N. The number of hydrogen-bond acceptors (Lipinski definition) is 1. The minimum absolute atomic E-state index is 0. The molecule has 5 heteroatoms. The van der Waals surface area contributed by atoms with Gasteiger partial charge in [0, 0.05) is 6.04 Å². The predicted molar refractivity (Wildman–Crippen MR) is 68.1 cm³/mol. The van der Waals surface area contributed by atoms with E-state index in [2.05, 4.69) is 12.2 Å². The normalized spacial score (nSPS) is 24.4. The molecule has 0 amide bonds. The monoisotopic (exact) mass is 279 g/mol. The third kappa shape index (κ3) is 3.62. The first-order valence-electron chi connectivity index (χ1n) is 5.87. The summed E-state index contributed by atoms with van der Waals surface area (Å²) in [5.41, 5.74) is 0.453. The Morgan fingerprint density at radius 2 is 1.78 bits per heavy atom. The Hall–Kier alpha value is -0.740. The van der Waals surface area contributed by atoms with E-state index in [1.807, 2.05) is 0 Å². The number of alkyl halides is 3. The smallest absolute Gasteiger partial charge is 0.314 e. The SMILES string of the molecule is CC1CC(c2ccc(C(F)(F)F)cc2)CCN1.Cl. The zero-order chi connectivity index (χ0) is 12.5. The van der Waals surface area contributed by atoms with Crippen molar-refractivity contribution >= 4 is 12.4 Å². The maximum atomic E-state index is 12.4. The van der Waals surface area contributed by atoms with Crippen LogP contribution >= 0.6 is 12.4 Å². The number of rotatable bonds is 1. The van der Waals surface area contributed by atoms with Crippen LogP contribution in [0.2, 0.25) is 0 Å². The van der Waals surface area contributed by atoms with Gasteiger partial charge >= 0.3 is 6.18 Å². The van der Waals surface area contributed by atoms with Crippen molar-refractivity contribution in [2.24, 2.45) is 0 Å². The third-order valence-corrected chi connectivity index (χ3v) is 3.33. The zero-order valence-corrected chi connectivity index (χ0v) is 10.9. The van der Waals surface area contributed by atoms with Gasteiger partial charge < -0.3 is 5.32 Å². The van der Waals surface area contributed by atoms with Crippen LogP contribution in [0.25, 0.3) is 0 Å². The highest BCUT2D eigenvalue weighted by molar-refractivity contribution is 5.85. The van der Waals surface area contributed by atoms with Crippen LogP contribution in [-0.2, 0) is 6.18 Å². The molecule has 1 N–H and O–H groups in total. The highest BCUT2D eigenvalue weighted by atomic mass is 35.5. The fourth-order valence-corrected chi connectivity index (χ4v) is 2.38. The second-order valence-electron chi connectivity index (χ2n) is 4.70. The Balaban J connectivity index is 0.00000162. The molecule has 1 saturated heterocycles. The van der Waals surface area contributed by atoms with Crippen LogP contribution in [0.5, 0.6) is 0 Å². The average molecular weight is 280 g/mol. The van der Waals surface area contributed by atoms with Crippen LogP contribution in [0.15, 0.2) is 24.3 Å². The van der Waals surface area contributed by atoms with Gasteiger partial charge in [0.15, 0.2) is 0 Å². The molecular weight excluding hydrogens is 263 g/mol. The molecule has 0 saturated carbocycles. The average Bonchev–Trinajstić information content (AvgIpc) is 2.28. The zero-order valence-electron chi connectivity index (χ0n) is 10.1. The number of piperidine rings is 1. The lowest BCUT2D eigenvalue weighted by molar-refractivity contribution is -0.137. The minimum atomic E-state index is -4.24. The highest BCUT2D eigenvalue weighted by Gasteiger charge is 2.30. The van der Waals surface area contributed by atoms with E-state index in [9.17, 15) is 13.2 Å². The van der Waals surface area contributed by atoms with Crippen LogP contribution in [0.1, 0.15) is 36.8 Å². The van der Waals surface area contributed by atoms with Crippen LogP contribution in [-0.4, -0.2) is 12.6 Å². The fraction of sp³-hybridized carbons (Fsp3) is 0.538. The van der Waals surface area contributed by atoms with Gasteiger partial charge in [-0.15, -0.1) is 12.4 Å². The van der Waals surface area contributed by atoms with Gasteiger partial charge in [0.2, 0.25) is 0 Å². The van der Waals surface area contributed by atoms with Crippen molar-refractivity contribution < 1.29 is 13.2 Å². The summed E-state index contributed by atoms with van der Waals surface area (Å²) in [5.74, 6) is 0.383. The Morgan fingerprint density at radius 1 is 1.17 bits per heavy atom. The van der Waals surface area contributed by atoms with Crippen molar-refractivity contribution in [2.75, 3.05) is 6.54 Å². The molecule has 1 nitrogen and oxygen atoms in total. The molecule has 102 valence electrons. The Labute approximate surface area is 111 Å². The van der Waals surface area contributed by atoms with E-state index in [1.54, 1.807) is 12.1 Å². The summed E-state index contributed by atoms with van der Waals surface area (Å²) in [6.07, 6.45) is -2.25. The number of halogens is 4. The van der Waals surface area contributed by atoms with E-state index in [1.165, 1.54) is 12.1 Å². The lowest BCUT2D eigenvalue weighted by Gasteiger charge is -2.28. The van der Waals surface area contributed by atoms with Crippen molar-refractivity contribution in [2.45, 2.75) is 37.9 Å². The summed E-state index contributed by atoms with van der Waals surface area (Å²) in [6.45, 7) is 3.04. The third-order valence-electron chi connectivity index (χ3n) is 3.33. The van der Waals surface area contributed by atoms with Crippen LogP contribution < -0.4 is 5.32 Å². The quantitative estimate of drug-likeness (QED) is 0.820. The van der Waals surface area contributed by atoms with E-state index in [0.29, 0.717) is 12.0 Å². The van der Waals surface area contributed by atoms with Gasteiger partial charge in [-0.25, -0.2) is 0 Å². The van der Waals surface area contributed by atoms with Gasteiger partial charge in [-0.1, -0.05) is 12.1 Å². The standard InChI is InChI=1S/C13H16F3N.ClH/c1-9-8-11(6-7-17-9)10-2-4-12(5-3-10)13(14,15)16;/h2-5,9,11,17H,6-8H2,1H3;1H. The molecule has 0 radical (unpaired) electrons. The summed E-state index contributed by atoms with van der Waals surface area (Å²) in [6, 6.07) is 6.04. The summed E-state index contributed by atoms with van der Waals surface area (Å²) in [7, 11) is 0. The molecule has 1 aromatic carbocycles. The lowest BCUT2D eigenvalue weighted by Crippen LogP contribution is -2.34.